The van der Waals surface area contributed by atoms with Crippen molar-refractivity contribution in [3.05, 3.63) is 46.9 Å². The SMILES string of the molecule is C[C@H](O)c1ccc2cc(N=O)ccc2c1. The highest BCUT2D eigenvalue weighted by Crippen LogP contribution is 2.24. The van der Waals surface area contributed by atoms with Crippen LogP contribution in [0, 0.1) is 4.91 Å². The van der Waals surface area contributed by atoms with Gasteiger partial charge < -0.3 is 5.11 Å². The van der Waals surface area contributed by atoms with E-state index in [1.807, 2.05) is 24.3 Å². The second-order valence-corrected chi connectivity index (χ2v) is 3.56. The van der Waals surface area contributed by atoms with E-state index in [9.17, 15) is 10.0 Å². The zero-order valence-corrected chi connectivity index (χ0v) is 8.34. The third kappa shape index (κ3) is 1.87. The van der Waals surface area contributed by atoms with Gasteiger partial charge in [-0.15, -0.1) is 4.91 Å². The van der Waals surface area contributed by atoms with Crippen LogP contribution in [0.4, 0.5) is 5.69 Å². The molecule has 0 bridgehead atoms. The van der Waals surface area contributed by atoms with Gasteiger partial charge in [-0.2, -0.15) is 0 Å². The zero-order chi connectivity index (χ0) is 10.8. The van der Waals surface area contributed by atoms with E-state index >= 15 is 0 Å². The van der Waals surface area contributed by atoms with Gasteiger partial charge in [-0.05, 0) is 46.6 Å². The fraction of sp³-hybridized carbons (Fsp3) is 0.167. The fourth-order valence-corrected chi connectivity index (χ4v) is 1.57. The van der Waals surface area contributed by atoms with Crippen LogP contribution in [-0.4, -0.2) is 5.11 Å². The van der Waals surface area contributed by atoms with Gasteiger partial charge in [0.2, 0.25) is 0 Å². The highest BCUT2D eigenvalue weighted by atomic mass is 16.3. The summed E-state index contributed by atoms with van der Waals surface area (Å²) >= 11 is 0. The summed E-state index contributed by atoms with van der Waals surface area (Å²) in [7, 11) is 0. The molecule has 0 saturated carbocycles. The van der Waals surface area contributed by atoms with Crippen molar-refractivity contribution in [2.45, 2.75) is 13.0 Å². The van der Waals surface area contributed by atoms with Gasteiger partial charge in [0.1, 0.15) is 5.69 Å². The molecule has 0 aliphatic heterocycles. The summed E-state index contributed by atoms with van der Waals surface area (Å²) < 4.78 is 0. The monoisotopic (exact) mass is 201 g/mol. The van der Waals surface area contributed by atoms with Gasteiger partial charge in [0.25, 0.3) is 0 Å². The highest BCUT2D eigenvalue weighted by Gasteiger charge is 2.02. The summed E-state index contributed by atoms with van der Waals surface area (Å²) in [6.45, 7) is 1.72. The molecule has 2 aromatic rings. The number of benzene rings is 2. The molecule has 2 aromatic carbocycles. The molecule has 2 rings (SSSR count). The molecule has 3 heteroatoms. The van der Waals surface area contributed by atoms with Gasteiger partial charge in [-0.1, -0.05) is 18.2 Å². The number of hydrogen-bond acceptors (Lipinski definition) is 3. The number of nitrogens with zero attached hydrogens (tertiary/aromatic N) is 1. The third-order valence-electron chi connectivity index (χ3n) is 2.44. The van der Waals surface area contributed by atoms with Crippen LogP contribution in [0.2, 0.25) is 0 Å². The fourth-order valence-electron chi connectivity index (χ4n) is 1.57. The standard InChI is InChI=1S/C12H11NO2/c1-8(14)9-2-3-11-7-12(13-15)5-4-10(11)6-9/h2-8,14H,1H3/t8-/m0/s1. The first-order valence-corrected chi connectivity index (χ1v) is 4.76. The largest absolute Gasteiger partial charge is 0.389 e. The topological polar surface area (TPSA) is 49.7 Å². The minimum absolute atomic E-state index is 0.423. The van der Waals surface area contributed by atoms with Gasteiger partial charge in [-0.25, -0.2) is 0 Å². The van der Waals surface area contributed by atoms with E-state index in [2.05, 4.69) is 5.18 Å². The van der Waals surface area contributed by atoms with Crippen molar-refractivity contribution in [1.29, 1.82) is 0 Å². The molecule has 0 aliphatic rings. The first-order valence-electron chi connectivity index (χ1n) is 4.76. The maximum atomic E-state index is 10.3. The summed E-state index contributed by atoms with van der Waals surface area (Å²) in [5.41, 5.74) is 1.29. The molecule has 0 unspecified atom stereocenters. The zero-order valence-electron chi connectivity index (χ0n) is 8.34. The first kappa shape index (κ1) is 9.80. The van der Waals surface area contributed by atoms with Crippen molar-refractivity contribution in [3.8, 4) is 0 Å². The van der Waals surface area contributed by atoms with Crippen molar-refractivity contribution in [1.82, 2.24) is 0 Å². The van der Waals surface area contributed by atoms with E-state index in [0.717, 1.165) is 16.3 Å². The van der Waals surface area contributed by atoms with Crippen LogP contribution in [-0.2, 0) is 0 Å². The Morgan fingerprint density at radius 2 is 1.80 bits per heavy atom. The Morgan fingerprint density at radius 1 is 1.13 bits per heavy atom. The van der Waals surface area contributed by atoms with Gasteiger partial charge in [0.15, 0.2) is 0 Å². The number of hydrogen-bond donors (Lipinski definition) is 1. The molecule has 0 spiro atoms. The Hall–Kier alpha value is -1.74. The maximum absolute atomic E-state index is 10.3. The van der Waals surface area contributed by atoms with Crippen LogP contribution in [0.15, 0.2) is 41.6 Å². The molecule has 15 heavy (non-hydrogen) atoms. The van der Waals surface area contributed by atoms with E-state index in [1.165, 1.54) is 0 Å². The second kappa shape index (κ2) is 3.79. The molecule has 3 nitrogen and oxygen atoms in total. The van der Waals surface area contributed by atoms with Crippen LogP contribution < -0.4 is 0 Å². The van der Waals surface area contributed by atoms with E-state index in [0.29, 0.717) is 5.69 Å². The highest BCUT2D eigenvalue weighted by molar-refractivity contribution is 5.85. The molecule has 1 N–H and O–H groups in total. The van der Waals surface area contributed by atoms with Crippen molar-refractivity contribution in [2.75, 3.05) is 0 Å². The molecule has 1 atom stereocenters. The third-order valence-corrected chi connectivity index (χ3v) is 2.44. The Kier molecular flexibility index (Phi) is 2.47. The van der Waals surface area contributed by atoms with Crippen molar-refractivity contribution < 1.29 is 5.11 Å². The molecule has 76 valence electrons. The molecular weight excluding hydrogens is 190 g/mol. The predicted octanol–water partition coefficient (Wildman–Crippen LogP) is 3.29. The lowest BCUT2D eigenvalue weighted by Crippen LogP contribution is -1.89. The van der Waals surface area contributed by atoms with Crippen LogP contribution >= 0.6 is 0 Å². The second-order valence-electron chi connectivity index (χ2n) is 3.56. The average Bonchev–Trinajstić information content (AvgIpc) is 2.27. The maximum Gasteiger partial charge on any atom is 0.108 e. The summed E-state index contributed by atoms with van der Waals surface area (Å²) in [6.07, 6.45) is -0.474. The Balaban J connectivity index is 2.59. The first-order chi connectivity index (χ1) is 7.20. The number of nitroso groups, excluding NO2 is 1. The molecular formula is C12H11NO2. The summed E-state index contributed by atoms with van der Waals surface area (Å²) in [5.74, 6) is 0. The molecule has 0 fully saturated rings. The van der Waals surface area contributed by atoms with E-state index < -0.39 is 6.10 Å². The van der Waals surface area contributed by atoms with Crippen molar-refractivity contribution >= 4 is 16.5 Å². The number of fused-ring (bicyclic) bond motifs is 1. The van der Waals surface area contributed by atoms with Crippen LogP contribution in [0.5, 0.6) is 0 Å². The van der Waals surface area contributed by atoms with Gasteiger partial charge in [-0.3, -0.25) is 0 Å². The smallest absolute Gasteiger partial charge is 0.108 e. The number of aliphatic hydroxyl groups excluding tert-OH is 1. The van der Waals surface area contributed by atoms with Crippen LogP contribution in [0.3, 0.4) is 0 Å². The van der Waals surface area contributed by atoms with Crippen LogP contribution in [0.25, 0.3) is 10.8 Å². The van der Waals surface area contributed by atoms with E-state index in [-0.39, 0.29) is 0 Å². The summed E-state index contributed by atoms with van der Waals surface area (Å²) in [5, 5.41) is 14.3. The van der Waals surface area contributed by atoms with Gasteiger partial charge in [0.05, 0.1) is 6.10 Å². The van der Waals surface area contributed by atoms with Crippen molar-refractivity contribution in [3.63, 3.8) is 0 Å². The molecule has 0 heterocycles. The summed E-state index contributed by atoms with van der Waals surface area (Å²) in [4.78, 5) is 10.3. The Morgan fingerprint density at radius 3 is 2.47 bits per heavy atom. The average molecular weight is 201 g/mol. The lowest BCUT2D eigenvalue weighted by atomic mass is 10.0. The normalized spacial score (nSPS) is 12.7. The lowest BCUT2D eigenvalue weighted by molar-refractivity contribution is 0.199. The quantitative estimate of drug-likeness (QED) is 0.758. The number of aliphatic hydroxyl groups is 1. The van der Waals surface area contributed by atoms with E-state index in [1.54, 1.807) is 19.1 Å². The van der Waals surface area contributed by atoms with Gasteiger partial charge >= 0.3 is 0 Å². The lowest BCUT2D eigenvalue weighted by Gasteiger charge is -2.06. The molecule has 0 aromatic heterocycles. The molecule has 0 saturated heterocycles. The molecule has 0 amide bonds. The van der Waals surface area contributed by atoms with E-state index in [4.69, 9.17) is 0 Å². The minimum atomic E-state index is -0.474. The minimum Gasteiger partial charge on any atom is -0.389 e. The molecule has 0 radical (unpaired) electrons. The molecule has 0 aliphatic carbocycles. The Labute approximate surface area is 87.3 Å². The van der Waals surface area contributed by atoms with Crippen LogP contribution in [0.1, 0.15) is 18.6 Å². The Bertz CT molecular complexity index is 506. The number of rotatable bonds is 2. The van der Waals surface area contributed by atoms with Crippen molar-refractivity contribution in [2.24, 2.45) is 5.18 Å². The summed E-state index contributed by atoms with van der Waals surface area (Å²) in [6, 6.07) is 10.9. The van der Waals surface area contributed by atoms with Gasteiger partial charge in [0, 0.05) is 0 Å². The predicted molar refractivity (Wildman–Crippen MR) is 60.0 cm³/mol.